The van der Waals surface area contributed by atoms with Gasteiger partial charge in [0.25, 0.3) is 0 Å². The van der Waals surface area contributed by atoms with Crippen molar-refractivity contribution in [1.29, 1.82) is 0 Å². The molecule has 5 heteroatoms. The van der Waals surface area contributed by atoms with Gasteiger partial charge in [-0.3, -0.25) is 14.5 Å². The average molecular weight is 508 g/mol. The second-order valence-electron chi connectivity index (χ2n) is 13.2. The molecule has 204 valence electrons. The maximum absolute atomic E-state index is 13.7. The lowest BCUT2D eigenvalue weighted by Crippen LogP contribution is -2.53. The second kappa shape index (κ2) is 12.9. The summed E-state index contributed by atoms with van der Waals surface area (Å²) in [5, 5.41) is 7.10. The number of hydrogen-bond acceptors (Lipinski definition) is 5. The minimum absolute atomic E-state index is 0.107. The fraction of sp³-hybridized carbons (Fsp3) is 0.562. The van der Waals surface area contributed by atoms with Crippen LogP contribution in [0.5, 0.6) is 0 Å². The number of benzene rings is 2. The molecule has 2 aromatic carbocycles. The third kappa shape index (κ3) is 10.9. The van der Waals surface area contributed by atoms with E-state index in [0.717, 1.165) is 11.1 Å². The van der Waals surface area contributed by atoms with E-state index in [0.29, 0.717) is 26.2 Å². The van der Waals surface area contributed by atoms with Gasteiger partial charge in [0, 0.05) is 65.8 Å². The maximum Gasteiger partial charge on any atom is 0.168 e. The third-order valence-corrected chi connectivity index (χ3v) is 6.45. The largest absolute Gasteiger partial charge is 0.311 e. The summed E-state index contributed by atoms with van der Waals surface area (Å²) >= 11 is 0. The number of Topliss-reactive ketones (excluding diaryl/α,β-unsaturated/α-hetero) is 2. The Morgan fingerprint density at radius 1 is 0.622 bits per heavy atom. The molecule has 0 saturated heterocycles. The van der Waals surface area contributed by atoms with E-state index in [1.165, 1.54) is 0 Å². The van der Waals surface area contributed by atoms with Crippen LogP contribution in [0.1, 0.15) is 83.0 Å². The van der Waals surface area contributed by atoms with Crippen LogP contribution in [-0.2, 0) is 0 Å². The van der Waals surface area contributed by atoms with E-state index in [1.807, 2.05) is 60.7 Å². The van der Waals surface area contributed by atoms with Gasteiger partial charge >= 0.3 is 0 Å². The molecule has 0 aliphatic carbocycles. The van der Waals surface area contributed by atoms with Gasteiger partial charge < -0.3 is 10.6 Å². The van der Waals surface area contributed by atoms with Crippen molar-refractivity contribution < 1.29 is 9.59 Å². The van der Waals surface area contributed by atoms with Gasteiger partial charge in [-0.25, -0.2) is 0 Å². The summed E-state index contributed by atoms with van der Waals surface area (Å²) in [6, 6.07) is 19.1. The Bertz CT molecular complexity index is 907. The van der Waals surface area contributed by atoms with Gasteiger partial charge in [-0.1, -0.05) is 60.7 Å². The summed E-state index contributed by atoms with van der Waals surface area (Å²) < 4.78 is 0. The van der Waals surface area contributed by atoms with Gasteiger partial charge in [0.05, 0.1) is 0 Å². The first-order valence-electron chi connectivity index (χ1n) is 13.5. The predicted octanol–water partition coefficient (Wildman–Crippen LogP) is 5.86. The van der Waals surface area contributed by atoms with E-state index in [2.05, 4.69) is 77.8 Å². The fourth-order valence-corrected chi connectivity index (χ4v) is 4.17. The first kappa shape index (κ1) is 30.9. The summed E-state index contributed by atoms with van der Waals surface area (Å²) in [6.07, 6.45) is 0. The van der Waals surface area contributed by atoms with Crippen LogP contribution in [0.25, 0.3) is 0 Å². The third-order valence-electron chi connectivity index (χ3n) is 6.45. The van der Waals surface area contributed by atoms with Crippen molar-refractivity contribution in [3.8, 4) is 0 Å². The van der Waals surface area contributed by atoms with Gasteiger partial charge in [-0.2, -0.15) is 0 Å². The molecule has 2 N–H and O–H groups in total. The Morgan fingerprint density at radius 2 is 0.946 bits per heavy atom. The van der Waals surface area contributed by atoms with Crippen molar-refractivity contribution in [2.75, 3.05) is 26.2 Å². The highest BCUT2D eigenvalue weighted by Gasteiger charge is 2.33. The highest BCUT2D eigenvalue weighted by molar-refractivity contribution is 5.99. The number of hydrogen-bond donors (Lipinski definition) is 2. The molecule has 0 bridgehead atoms. The summed E-state index contributed by atoms with van der Waals surface area (Å²) in [4.78, 5) is 29.7. The summed E-state index contributed by atoms with van der Waals surface area (Å²) in [5.74, 6) is -0.233. The summed E-state index contributed by atoms with van der Waals surface area (Å²) in [5.41, 5.74) is 1.01. The van der Waals surface area contributed by atoms with E-state index >= 15 is 0 Å². The Labute approximate surface area is 225 Å². The molecule has 2 atom stereocenters. The normalized spacial score (nSPS) is 14.4. The Balaban J connectivity index is 2.37. The van der Waals surface area contributed by atoms with Gasteiger partial charge in [0.15, 0.2) is 11.6 Å². The molecule has 0 saturated carbocycles. The highest BCUT2D eigenvalue weighted by atomic mass is 16.1. The standard InChI is InChI=1S/C32H49N3O2/c1-30(2,3)33-20-26(28(36)24-16-12-10-13-17-24)22-35(32(7,8)9)23-27(21-34-31(4,5)6)29(37)25-18-14-11-15-19-25/h10-19,26-27,33-34H,20-23H2,1-9H3. The molecule has 0 amide bonds. The molecule has 37 heavy (non-hydrogen) atoms. The molecule has 0 fully saturated rings. The van der Waals surface area contributed by atoms with Crippen LogP contribution in [0.3, 0.4) is 0 Å². The summed E-state index contributed by atoms with van der Waals surface area (Å²) in [6.45, 7) is 21.5. The van der Waals surface area contributed by atoms with Crippen molar-refractivity contribution in [3.63, 3.8) is 0 Å². The zero-order valence-electron chi connectivity index (χ0n) is 24.5. The molecule has 0 aromatic heterocycles. The molecular formula is C32H49N3O2. The van der Waals surface area contributed by atoms with E-state index in [1.54, 1.807) is 0 Å². The Kier molecular flexibility index (Phi) is 10.8. The number of nitrogens with zero attached hydrogens (tertiary/aromatic N) is 1. The van der Waals surface area contributed by atoms with Gasteiger partial charge in [-0.15, -0.1) is 0 Å². The van der Waals surface area contributed by atoms with Crippen LogP contribution in [0.15, 0.2) is 60.7 Å². The van der Waals surface area contributed by atoms with Crippen molar-refractivity contribution in [3.05, 3.63) is 71.8 Å². The molecule has 0 spiro atoms. The zero-order valence-corrected chi connectivity index (χ0v) is 24.5. The van der Waals surface area contributed by atoms with Crippen LogP contribution in [-0.4, -0.2) is 59.3 Å². The molecule has 2 unspecified atom stereocenters. The average Bonchev–Trinajstić information content (AvgIpc) is 2.81. The fourth-order valence-electron chi connectivity index (χ4n) is 4.17. The first-order chi connectivity index (χ1) is 17.1. The number of rotatable bonds is 12. The van der Waals surface area contributed by atoms with Crippen LogP contribution in [0.2, 0.25) is 0 Å². The van der Waals surface area contributed by atoms with Crippen molar-refractivity contribution >= 4 is 11.6 Å². The molecule has 5 nitrogen and oxygen atoms in total. The van der Waals surface area contributed by atoms with E-state index in [4.69, 9.17) is 0 Å². The lowest BCUT2D eigenvalue weighted by molar-refractivity contribution is 0.0640. The number of nitrogens with one attached hydrogen (secondary N) is 2. The van der Waals surface area contributed by atoms with Crippen LogP contribution >= 0.6 is 0 Å². The first-order valence-corrected chi connectivity index (χ1v) is 13.5. The molecule has 0 radical (unpaired) electrons. The predicted molar refractivity (Wildman–Crippen MR) is 155 cm³/mol. The van der Waals surface area contributed by atoms with Crippen LogP contribution in [0, 0.1) is 11.8 Å². The molecular weight excluding hydrogens is 458 g/mol. The monoisotopic (exact) mass is 507 g/mol. The molecule has 2 rings (SSSR count). The second-order valence-corrected chi connectivity index (χ2v) is 13.2. The van der Waals surface area contributed by atoms with E-state index in [9.17, 15) is 9.59 Å². The minimum atomic E-state index is -0.246. The smallest absolute Gasteiger partial charge is 0.168 e. The van der Waals surface area contributed by atoms with Crippen molar-refractivity contribution in [1.82, 2.24) is 15.5 Å². The quantitative estimate of drug-likeness (QED) is 0.352. The van der Waals surface area contributed by atoms with Crippen LogP contribution in [0.4, 0.5) is 0 Å². The van der Waals surface area contributed by atoms with E-state index in [-0.39, 0.29) is 40.0 Å². The van der Waals surface area contributed by atoms with Crippen LogP contribution < -0.4 is 10.6 Å². The topological polar surface area (TPSA) is 61.4 Å². The van der Waals surface area contributed by atoms with Gasteiger partial charge in [0.1, 0.15) is 0 Å². The number of carbonyl (C=O) groups is 2. The number of ketones is 2. The SMILES string of the molecule is CC(C)(C)NCC(CN(CC(CNC(C)(C)C)C(=O)c1ccccc1)C(C)(C)C)C(=O)c1ccccc1. The lowest BCUT2D eigenvalue weighted by Gasteiger charge is -2.40. The lowest BCUT2D eigenvalue weighted by atomic mass is 9.90. The highest BCUT2D eigenvalue weighted by Crippen LogP contribution is 2.22. The minimum Gasteiger partial charge on any atom is -0.311 e. The molecule has 0 aliphatic heterocycles. The summed E-state index contributed by atoms with van der Waals surface area (Å²) in [7, 11) is 0. The molecule has 2 aromatic rings. The Hall–Kier alpha value is -2.34. The molecule has 0 heterocycles. The van der Waals surface area contributed by atoms with Gasteiger partial charge in [-0.05, 0) is 62.3 Å². The number of carbonyl (C=O) groups excluding carboxylic acids is 2. The zero-order chi connectivity index (χ0) is 27.9. The van der Waals surface area contributed by atoms with Crippen molar-refractivity contribution in [2.45, 2.75) is 78.9 Å². The molecule has 0 aliphatic rings. The van der Waals surface area contributed by atoms with Crippen molar-refractivity contribution in [2.24, 2.45) is 11.8 Å². The maximum atomic E-state index is 13.7. The Morgan fingerprint density at radius 3 is 1.22 bits per heavy atom. The van der Waals surface area contributed by atoms with E-state index < -0.39 is 0 Å². The van der Waals surface area contributed by atoms with Gasteiger partial charge in [0.2, 0.25) is 0 Å².